The maximum absolute atomic E-state index is 12.3. The summed E-state index contributed by atoms with van der Waals surface area (Å²) in [5.74, 6) is -1.82. The highest BCUT2D eigenvalue weighted by Gasteiger charge is 2.50. The molecule has 1 aliphatic rings. The molecule has 0 bridgehead atoms. The maximum atomic E-state index is 12.3. The van der Waals surface area contributed by atoms with Gasteiger partial charge in [-0.2, -0.15) is 0 Å². The summed E-state index contributed by atoms with van der Waals surface area (Å²) >= 11 is 0. The number of carbonyl (C=O) groups is 2. The third kappa shape index (κ3) is 2.33. The Labute approximate surface area is 122 Å². The maximum Gasteiger partial charge on any atom is 0.337 e. The van der Waals surface area contributed by atoms with Gasteiger partial charge in [-0.25, -0.2) is 4.79 Å². The Morgan fingerprint density at radius 1 is 1.38 bits per heavy atom. The largest absolute Gasteiger partial charge is 0.480 e. The molecule has 0 fully saturated rings. The van der Waals surface area contributed by atoms with E-state index in [2.05, 4.69) is 9.98 Å². The third-order valence-corrected chi connectivity index (χ3v) is 3.55. The van der Waals surface area contributed by atoms with Crippen LogP contribution < -0.4 is 0 Å². The summed E-state index contributed by atoms with van der Waals surface area (Å²) in [6.45, 7) is 4.87. The predicted octanol–water partition coefficient (Wildman–Crippen LogP) is 1.92. The summed E-state index contributed by atoms with van der Waals surface area (Å²) in [7, 11) is 0. The second-order valence-electron chi connectivity index (χ2n) is 4.79. The molecule has 0 aliphatic carbocycles. The molecule has 6 nitrogen and oxygen atoms in total. The van der Waals surface area contributed by atoms with Crippen LogP contribution in [0, 0.1) is 5.41 Å². The number of aliphatic carboxylic acids is 1. The van der Waals surface area contributed by atoms with Gasteiger partial charge in [-0.1, -0.05) is 6.07 Å². The molecule has 1 aromatic heterocycles. The first-order chi connectivity index (χ1) is 9.92. The Hall–Kier alpha value is -2.50. The van der Waals surface area contributed by atoms with E-state index in [0.29, 0.717) is 11.4 Å². The monoisotopic (exact) mass is 288 g/mol. The van der Waals surface area contributed by atoms with Gasteiger partial charge in [0.25, 0.3) is 0 Å². The zero-order valence-corrected chi connectivity index (χ0v) is 12.1. The van der Waals surface area contributed by atoms with E-state index in [-0.39, 0.29) is 17.9 Å². The van der Waals surface area contributed by atoms with Crippen molar-refractivity contribution in [2.75, 3.05) is 6.61 Å². The van der Waals surface area contributed by atoms with E-state index < -0.39 is 17.4 Å². The first kappa shape index (κ1) is 14.9. The molecule has 2 rings (SSSR count). The van der Waals surface area contributed by atoms with Crippen molar-refractivity contribution in [1.29, 1.82) is 0 Å². The first-order valence-electron chi connectivity index (χ1n) is 6.55. The molecule has 0 radical (unpaired) electrons. The molecule has 21 heavy (non-hydrogen) atoms. The topological polar surface area (TPSA) is 88.9 Å². The van der Waals surface area contributed by atoms with Crippen molar-refractivity contribution in [3.8, 4) is 0 Å². The number of esters is 1. The van der Waals surface area contributed by atoms with Crippen molar-refractivity contribution in [3.63, 3.8) is 0 Å². The van der Waals surface area contributed by atoms with Gasteiger partial charge in [-0.3, -0.25) is 14.8 Å². The second kappa shape index (κ2) is 5.47. The minimum atomic E-state index is -1.50. The van der Waals surface area contributed by atoms with E-state index >= 15 is 0 Å². The summed E-state index contributed by atoms with van der Waals surface area (Å²) in [6, 6.07) is 5.16. The van der Waals surface area contributed by atoms with Crippen molar-refractivity contribution >= 4 is 23.3 Å². The number of ether oxygens (including phenoxy) is 1. The van der Waals surface area contributed by atoms with Gasteiger partial charge in [-0.15, -0.1) is 0 Å². The Balaban J connectivity index is 2.67. The van der Waals surface area contributed by atoms with Crippen LogP contribution in [0.2, 0.25) is 0 Å². The summed E-state index contributed by atoms with van der Waals surface area (Å²) in [4.78, 5) is 32.4. The quantitative estimate of drug-likeness (QED) is 0.855. The van der Waals surface area contributed by atoms with Crippen LogP contribution in [0.25, 0.3) is 5.70 Å². The van der Waals surface area contributed by atoms with Gasteiger partial charge in [0.15, 0.2) is 0 Å². The van der Waals surface area contributed by atoms with Crippen LogP contribution in [0.15, 0.2) is 35.0 Å². The number of hydrogen-bond acceptors (Lipinski definition) is 5. The summed E-state index contributed by atoms with van der Waals surface area (Å²) in [5, 5.41) is 9.55. The van der Waals surface area contributed by atoms with Crippen LogP contribution in [-0.4, -0.2) is 34.3 Å². The van der Waals surface area contributed by atoms with Crippen LogP contribution in [0.4, 0.5) is 0 Å². The molecule has 1 aromatic rings. The molecule has 110 valence electrons. The molecule has 6 heteroatoms. The number of aromatic nitrogens is 1. The third-order valence-electron chi connectivity index (χ3n) is 3.55. The molecule has 0 saturated carbocycles. The minimum absolute atomic E-state index is 0.0213. The van der Waals surface area contributed by atoms with Crippen LogP contribution in [-0.2, 0) is 14.3 Å². The molecule has 1 N–H and O–H groups in total. The van der Waals surface area contributed by atoms with Crippen LogP contribution in [0.1, 0.15) is 26.5 Å². The van der Waals surface area contributed by atoms with Gasteiger partial charge < -0.3 is 9.84 Å². The number of carbonyl (C=O) groups excluding carboxylic acids is 1. The highest BCUT2D eigenvalue weighted by molar-refractivity contribution is 6.21. The fourth-order valence-electron chi connectivity index (χ4n) is 2.21. The Bertz CT molecular complexity index is 649. The fraction of sp³-hybridized carbons (Fsp3) is 0.333. The van der Waals surface area contributed by atoms with Crippen molar-refractivity contribution in [1.82, 2.24) is 4.98 Å². The number of nitrogens with zero attached hydrogens (tertiary/aromatic N) is 2. The molecule has 1 aliphatic heterocycles. The van der Waals surface area contributed by atoms with Gasteiger partial charge in [-0.05, 0) is 32.9 Å². The van der Waals surface area contributed by atoms with Gasteiger partial charge >= 0.3 is 11.9 Å². The van der Waals surface area contributed by atoms with E-state index in [1.54, 1.807) is 38.2 Å². The average Bonchev–Trinajstić information content (AvgIpc) is 2.74. The van der Waals surface area contributed by atoms with Gasteiger partial charge in [0.1, 0.15) is 11.1 Å². The molecule has 0 amide bonds. The predicted molar refractivity (Wildman–Crippen MR) is 76.6 cm³/mol. The molecular formula is C15H16N2O4. The van der Waals surface area contributed by atoms with Crippen molar-refractivity contribution in [2.45, 2.75) is 20.8 Å². The van der Waals surface area contributed by atoms with E-state index in [1.165, 1.54) is 6.92 Å². The molecule has 0 saturated heterocycles. The highest BCUT2D eigenvalue weighted by Crippen LogP contribution is 2.42. The number of carboxylic acid groups (broad SMARTS) is 1. The molecule has 2 heterocycles. The summed E-state index contributed by atoms with van der Waals surface area (Å²) < 4.78 is 5.01. The van der Waals surface area contributed by atoms with Crippen molar-refractivity contribution in [2.24, 2.45) is 10.4 Å². The van der Waals surface area contributed by atoms with Crippen LogP contribution >= 0.6 is 0 Å². The van der Waals surface area contributed by atoms with Gasteiger partial charge in [0.2, 0.25) is 0 Å². The van der Waals surface area contributed by atoms with E-state index in [1.807, 2.05) is 0 Å². The summed E-state index contributed by atoms with van der Waals surface area (Å²) in [5.41, 5.74) is -0.438. The van der Waals surface area contributed by atoms with Gasteiger partial charge in [0, 0.05) is 11.9 Å². The Morgan fingerprint density at radius 2 is 2.10 bits per heavy atom. The number of pyridine rings is 1. The lowest BCUT2D eigenvalue weighted by molar-refractivity contribution is -0.147. The average molecular weight is 288 g/mol. The lowest BCUT2D eigenvalue weighted by Gasteiger charge is -2.22. The fourth-order valence-corrected chi connectivity index (χ4v) is 2.21. The molecular weight excluding hydrogens is 272 g/mol. The normalized spacial score (nSPS) is 21.2. The van der Waals surface area contributed by atoms with E-state index in [9.17, 15) is 14.7 Å². The van der Waals surface area contributed by atoms with E-state index in [4.69, 9.17) is 4.74 Å². The molecule has 0 aromatic carbocycles. The van der Waals surface area contributed by atoms with Crippen LogP contribution in [0.3, 0.4) is 0 Å². The first-order valence-corrected chi connectivity index (χ1v) is 6.55. The number of carboxylic acids is 1. The SMILES string of the molecule is CCOC(=O)C1=C(c2ccccn2)N=C(C)C1(C)C(=O)O. The highest BCUT2D eigenvalue weighted by atomic mass is 16.5. The lowest BCUT2D eigenvalue weighted by atomic mass is 9.79. The second-order valence-corrected chi connectivity index (χ2v) is 4.79. The molecule has 1 unspecified atom stereocenters. The van der Waals surface area contributed by atoms with Crippen molar-refractivity contribution in [3.05, 3.63) is 35.7 Å². The van der Waals surface area contributed by atoms with Crippen molar-refractivity contribution < 1.29 is 19.4 Å². The van der Waals surface area contributed by atoms with Gasteiger partial charge in [0.05, 0.1) is 17.9 Å². The number of aliphatic imine (C=N–C) groups is 1. The van der Waals surface area contributed by atoms with E-state index in [0.717, 1.165) is 0 Å². The smallest absolute Gasteiger partial charge is 0.337 e. The standard InChI is InChI=1S/C15H16N2O4/c1-4-21-13(18)11-12(10-7-5-6-8-16-10)17-9(2)15(11,3)14(19)20/h5-8H,4H2,1-3H3,(H,19,20). The zero-order valence-electron chi connectivity index (χ0n) is 12.1. The summed E-state index contributed by atoms with van der Waals surface area (Å²) in [6.07, 6.45) is 1.56. The van der Waals surface area contributed by atoms with Crippen LogP contribution in [0.5, 0.6) is 0 Å². The Morgan fingerprint density at radius 3 is 2.62 bits per heavy atom. The molecule has 1 atom stereocenters. The number of rotatable bonds is 4. The minimum Gasteiger partial charge on any atom is -0.480 e. The lowest BCUT2D eigenvalue weighted by Crippen LogP contribution is -2.38. The number of hydrogen-bond donors (Lipinski definition) is 1. The zero-order chi connectivity index (χ0) is 15.6. The Kier molecular flexibility index (Phi) is 3.88. The molecule has 0 spiro atoms.